The number of carbonyl (C=O) groups is 1. The van der Waals surface area contributed by atoms with Gasteiger partial charge in [0.15, 0.2) is 0 Å². The standard InChI is InChI=1S/C14H15ClN2O/c1-2-10-5-6-11(12(15)8-10)9-17-14(18)13-4-3-7-16-13/h1,5-6,8,13,16H,3-4,7,9H2,(H,17,18). The normalized spacial score (nSPS) is 18.3. The quantitative estimate of drug-likeness (QED) is 0.814. The molecule has 4 heteroatoms. The summed E-state index contributed by atoms with van der Waals surface area (Å²) in [5.74, 6) is 2.55. The van der Waals surface area contributed by atoms with Gasteiger partial charge in [0.1, 0.15) is 0 Å². The number of amides is 1. The van der Waals surface area contributed by atoms with E-state index < -0.39 is 0 Å². The molecular weight excluding hydrogens is 248 g/mol. The zero-order valence-electron chi connectivity index (χ0n) is 10.0. The molecule has 1 aromatic carbocycles. The Bertz CT molecular complexity index is 487. The lowest BCUT2D eigenvalue weighted by Gasteiger charge is -2.12. The number of rotatable bonds is 3. The summed E-state index contributed by atoms with van der Waals surface area (Å²) in [4.78, 5) is 11.8. The molecule has 3 nitrogen and oxygen atoms in total. The average Bonchev–Trinajstić information content (AvgIpc) is 2.90. The van der Waals surface area contributed by atoms with Crippen LogP contribution in [0.2, 0.25) is 5.02 Å². The van der Waals surface area contributed by atoms with Crippen LogP contribution in [0, 0.1) is 12.3 Å². The predicted molar refractivity (Wildman–Crippen MR) is 72.3 cm³/mol. The lowest BCUT2D eigenvalue weighted by molar-refractivity contribution is -0.122. The van der Waals surface area contributed by atoms with Gasteiger partial charge in [0, 0.05) is 17.1 Å². The molecule has 1 atom stereocenters. The Balaban J connectivity index is 1.94. The molecule has 1 unspecified atom stereocenters. The molecule has 0 saturated carbocycles. The Morgan fingerprint density at radius 3 is 3.06 bits per heavy atom. The molecular formula is C14H15ClN2O. The van der Waals surface area contributed by atoms with Gasteiger partial charge < -0.3 is 10.6 Å². The molecule has 0 aliphatic carbocycles. The van der Waals surface area contributed by atoms with Gasteiger partial charge in [0.25, 0.3) is 0 Å². The summed E-state index contributed by atoms with van der Waals surface area (Å²) in [6, 6.07) is 5.34. The molecule has 1 aliphatic rings. The van der Waals surface area contributed by atoms with Gasteiger partial charge in [-0.1, -0.05) is 23.6 Å². The van der Waals surface area contributed by atoms with Crippen LogP contribution in [0.1, 0.15) is 24.0 Å². The van der Waals surface area contributed by atoms with Gasteiger partial charge in [0.2, 0.25) is 5.91 Å². The van der Waals surface area contributed by atoms with Gasteiger partial charge in [-0.25, -0.2) is 0 Å². The van der Waals surface area contributed by atoms with Crippen LogP contribution in [-0.4, -0.2) is 18.5 Å². The fourth-order valence-corrected chi connectivity index (χ4v) is 2.24. The molecule has 1 saturated heterocycles. The van der Waals surface area contributed by atoms with E-state index in [2.05, 4.69) is 16.6 Å². The van der Waals surface area contributed by atoms with E-state index in [4.69, 9.17) is 18.0 Å². The summed E-state index contributed by atoms with van der Waals surface area (Å²) >= 11 is 6.09. The van der Waals surface area contributed by atoms with E-state index in [1.165, 1.54) is 0 Å². The van der Waals surface area contributed by atoms with E-state index in [0.29, 0.717) is 11.6 Å². The van der Waals surface area contributed by atoms with E-state index in [9.17, 15) is 4.79 Å². The van der Waals surface area contributed by atoms with E-state index in [1.807, 2.05) is 12.1 Å². The first kappa shape index (κ1) is 12.9. The first-order chi connectivity index (χ1) is 8.70. The van der Waals surface area contributed by atoms with E-state index >= 15 is 0 Å². The van der Waals surface area contributed by atoms with Crippen molar-refractivity contribution in [3.05, 3.63) is 34.3 Å². The summed E-state index contributed by atoms with van der Waals surface area (Å²) < 4.78 is 0. The van der Waals surface area contributed by atoms with E-state index in [1.54, 1.807) is 6.07 Å². The molecule has 94 valence electrons. The van der Waals surface area contributed by atoms with Gasteiger partial charge in [0.05, 0.1) is 6.04 Å². The molecule has 0 spiro atoms. The van der Waals surface area contributed by atoms with Crippen LogP contribution >= 0.6 is 11.6 Å². The first-order valence-corrected chi connectivity index (χ1v) is 6.34. The monoisotopic (exact) mass is 262 g/mol. The van der Waals surface area contributed by atoms with Crippen LogP contribution < -0.4 is 10.6 Å². The molecule has 1 aliphatic heterocycles. The summed E-state index contributed by atoms with van der Waals surface area (Å²) in [7, 11) is 0. The average molecular weight is 263 g/mol. The van der Waals surface area contributed by atoms with Gasteiger partial charge in [-0.15, -0.1) is 6.42 Å². The van der Waals surface area contributed by atoms with Gasteiger partial charge in [-0.3, -0.25) is 4.79 Å². The summed E-state index contributed by atoms with van der Waals surface area (Å²) in [6.45, 7) is 1.34. The molecule has 1 amide bonds. The van der Waals surface area contributed by atoms with E-state index in [-0.39, 0.29) is 11.9 Å². The third kappa shape index (κ3) is 3.04. The predicted octanol–water partition coefficient (Wildman–Crippen LogP) is 1.69. The number of carbonyl (C=O) groups excluding carboxylic acids is 1. The van der Waals surface area contributed by atoms with Crippen LogP contribution in [0.3, 0.4) is 0 Å². The second-order valence-electron chi connectivity index (χ2n) is 4.32. The van der Waals surface area contributed by atoms with Crippen LogP contribution in [0.4, 0.5) is 0 Å². The maximum Gasteiger partial charge on any atom is 0.237 e. The van der Waals surface area contributed by atoms with Crippen molar-refractivity contribution in [3.63, 3.8) is 0 Å². The Morgan fingerprint density at radius 2 is 2.44 bits per heavy atom. The number of halogens is 1. The van der Waals surface area contributed by atoms with Crippen LogP contribution in [-0.2, 0) is 11.3 Å². The topological polar surface area (TPSA) is 41.1 Å². The minimum Gasteiger partial charge on any atom is -0.351 e. The van der Waals surface area contributed by atoms with Crippen molar-refractivity contribution < 1.29 is 4.79 Å². The minimum absolute atomic E-state index is 0.0320. The molecule has 1 fully saturated rings. The van der Waals surface area contributed by atoms with Crippen LogP contribution in [0.25, 0.3) is 0 Å². The Hall–Kier alpha value is -1.50. The van der Waals surface area contributed by atoms with Gasteiger partial charge in [-0.05, 0) is 37.1 Å². The Kier molecular flexibility index (Phi) is 4.24. The molecule has 1 heterocycles. The highest BCUT2D eigenvalue weighted by molar-refractivity contribution is 6.31. The molecule has 2 N–H and O–H groups in total. The smallest absolute Gasteiger partial charge is 0.237 e. The maximum absolute atomic E-state index is 11.8. The van der Waals surface area contributed by atoms with Crippen molar-refractivity contribution in [1.29, 1.82) is 0 Å². The van der Waals surface area contributed by atoms with Crippen LogP contribution in [0.15, 0.2) is 18.2 Å². The van der Waals surface area contributed by atoms with Crippen molar-refractivity contribution in [2.24, 2.45) is 0 Å². The largest absolute Gasteiger partial charge is 0.351 e. The highest BCUT2D eigenvalue weighted by Crippen LogP contribution is 2.17. The zero-order valence-corrected chi connectivity index (χ0v) is 10.8. The number of nitrogens with one attached hydrogen (secondary N) is 2. The van der Waals surface area contributed by atoms with Gasteiger partial charge in [-0.2, -0.15) is 0 Å². The highest BCUT2D eigenvalue weighted by atomic mass is 35.5. The maximum atomic E-state index is 11.8. The molecule has 0 aromatic heterocycles. The van der Waals surface area contributed by atoms with Crippen molar-refractivity contribution in [2.45, 2.75) is 25.4 Å². The Labute approximate surface area is 112 Å². The van der Waals surface area contributed by atoms with Crippen molar-refractivity contribution in [2.75, 3.05) is 6.54 Å². The molecule has 0 bridgehead atoms. The lowest BCUT2D eigenvalue weighted by atomic mass is 10.1. The second kappa shape index (κ2) is 5.90. The SMILES string of the molecule is C#Cc1ccc(CNC(=O)C2CCCN2)c(Cl)c1. The summed E-state index contributed by atoms with van der Waals surface area (Å²) in [5, 5.41) is 6.62. The first-order valence-electron chi connectivity index (χ1n) is 5.97. The Morgan fingerprint density at radius 1 is 1.61 bits per heavy atom. The fourth-order valence-electron chi connectivity index (χ4n) is 1.99. The number of terminal acetylenes is 1. The zero-order chi connectivity index (χ0) is 13.0. The molecule has 18 heavy (non-hydrogen) atoms. The molecule has 2 rings (SSSR count). The third-order valence-electron chi connectivity index (χ3n) is 3.05. The lowest BCUT2D eigenvalue weighted by Crippen LogP contribution is -2.40. The second-order valence-corrected chi connectivity index (χ2v) is 4.72. The van der Waals surface area contributed by atoms with Crippen molar-refractivity contribution >= 4 is 17.5 Å². The minimum atomic E-state index is -0.0613. The summed E-state index contributed by atoms with van der Waals surface area (Å²) in [6.07, 6.45) is 7.24. The summed E-state index contributed by atoms with van der Waals surface area (Å²) in [5.41, 5.74) is 1.62. The molecule has 1 aromatic rings. The van der Waals surface area contributed by atoms with E-state index in [0.717, 1.165) is 30.5 Å². The third-order valence-corrected chi connectivity index (χ3v) is 3.40. The number of hydrogen-bond acceptors (Lipinski definition) is 2. The van der Waals surface area contributed by atoms with Gasteiger partial charge >= 0.3 is 0 Å². The van der Waals surface area contributed by atoms with Crippen molar-refractivity contribution in [1.82, 2.24) is 10.6 Å². The van der Waals surface area contributed by atoms with Crippen LogP contribution in [0.5, 0.6) is 0 Å². The fraction of sp³-hybridized carbons (Fsp3) is 0.357. The molecule has 0 radical (unpaired) electrons. The van der Waals surface area contributed by atoms with Crippen molar-refractivity contribution in [3.8, 4) is 12.3 Å². The number of benzene rings is 1. The number of hydrogen-bond donors (Lipinski definition) is 2. The highest BCUT2D eigenvalue weighted by Gasteiger charge is 2.21.